The molecule has 0 saturated carbocycles. The van der Waals surface area contributed by atoms with Crippen molar-refractivity contribution in [1.82, 2.24) is 25.1 Å². The van der Waals surface area contributed by atoms with E-state index in [4.69, 9.17) is 0 Å². The number of aromatic nitrogens is 4. The first kappa shape index (κ1) is 18.6. The van der Waals surface area contributed by atoms with Crippen molar-refractivity contribution in [3.63, 3.8) is 0 Å². The molecule has 29 heavy (non-hydrogen) atoms. The number of nitrogens with one attached hydrogen (secondary N) is 1. The number of benzene rings is 1. The Labute approximate surface area is 174 Å². The van der Waals surface area contributed by atoms with Crippen molar-refractivity contribution in [2.75, 3.05) is 11.9 Å². The molecule has 2 fully saturated rings. The van der Waals surface area contributed by atoms with Gasteiger partial charge in [-0.25, -0.2) is 4.98 Å². The van der Waals surface area contributed by atoms with E-state index in [1.807, 2.05) is 22.9 Å². The van der Waals surface area contributed by atoms with Gasteiger partial charge in [-0.05, 0) is 51.7 Å². The third-order valence-corrected chi connectivity index (χ3v) is 7.53. The second-order valence-electron chi connectivity index (χ2n) is 8.98. The molecule has 2 aliphatic heterocycles. The summed E-state index contributed by atoms with van der Waals surface area (Å²) in [5.41, 5.74) is 1.98. The van der Waals surface area contributed by atoms with Gasteiger partial charge in [-0.3, -0.25) is 0 Å². The topological polar surface area (TPSA) is 79.1 Å². The van der Waals surface area contributed by atoms with Crippen LogP contribution in [0.2, 0.25) is 0 Å². The van der Waals surface area contributed by atoms with Crippen molar-refractivity contribution in [2.45, 2.75) is 56.7 Å². The van der Waals surface area contributed by atoms with Crippen LogP contribution in [0.4, 0.5) is 5.13 Å². The van der Waals surface area contributed by atoms with Crippen LogP contribution in [0.5, 0.6) is 5.75 Å². The summed E-state index contributed by atoms with van der Waals surface area (Å²) in [6.45, 7) is 4.67. The van der Waals surface area contributed by atoms with Crippen LogP contribution in [0.15, 0.2) is 36.9 Å². The van der Waals surface area contributed by atoms with E-state index in [1.165, 1.54) is 24.2 Å². The minimum absolute atomic E-state index is 0.196. The van der Waals surface area contributed by atoms with E-state index in [0.29, 0.717) is 11.6 Å². The van der Waals surface area contributed by atoms with Crippen LogP contribution in [-0.2, 0) is 0 Å². The van der Waals surface area contributed by atoms with Crippen molar-refractivity contribution in [2.24, 2.45) is 0 Å². The van der Waals surface area contributed by atoms with E-state index in [2.05, 4.69) is 46.3 Å². The lowest BCUT2D eigenvalue weighted by Crippen LogP contribution is -2.58. The molecule has 0 amide bonds. The number of hydrogen-bond donors (Lipinski definition) is 2. The molecule has 1 unspecified atom stereocenters. The molecule has 3 atom stereocenters. The fourth-order valence-corrected chi connectivity index (χ4v) is 5.91. The highest BCUT2D eigenvalue weighted by molar-refractivity contribution is 7.18. The number of aromatic hydroxyl groups is 1. The number of nitrogens with zero attached hydrogens (tertiary/aromatic N) is 5. The molecule has 4 heterocycles. The maximum Gasteiger partial charge on any atom is 0.208 e. The average Bonchev–Trinajstić information content (AvgIpc) is 3.41. The Balaban J connectivity index is 1.38. The van der Waals surface area contributed by atoms with E-state index in [1.54, 1.807) is 18.6 Å². The van der Waals surface area contributed by atoms with E-state index in [0.717, 1.165) is 28.7 Å². The number of rotatable bonds is 4. The molecule has 152 valence electrons. The van der Waals surface area contributed by atoms with Gasteiger partial charge >= 0.3 is 0 Å². The SMILES string of the molecule is CN(c1nnc(-c2ccc(-n3ccnc3)cc2O)s1)C1C[C@]2(C)CC[C@](C)(C1)N2. The number of imidazole rings is 1. The molecule has 7 nitrogen and oxygen atoms in total. The molecule has 3 aromatic rings. The van der Waals surface area contributed by atoms with Crippen LogP contribution >= 0.6 is 11.3 Å². The normalized spacial score (nSPS) is 28.6. The molecular weight excluding hydrogens is 384 g/mol. The Kier molecular flexibility index (Phi) is 4.18. The summed E-state index contributed by atoms with van der Waals surface area (Å²) in [5.74, 6) is 0.196. The third-order valence-electron chi connectivity index (χ3n) is 6.48. The predicted molar refractivity (Wildman–Crippen MR) is 115 cm³/mol. The summed E-state index contributed by atoms with van der Waals surface area (Å²) in [5, 5.41) is 24.9. The fourth-order valence-electron chi connectivity index (χ4n) is 4.99. The minimum Gasteiger partial charge on any atom is -0.507 e. The summed E-state index contributed by atoms with van der Waals surface area (Å²) in [6, 6.07) is 6.01. The molecular formula is C21H26N6OS. The Bertz CT molecular complexity index is 1020. The van der Waals surface area contributed by atoms with Gasteiger partial charge in [-0.15, -0.1) is 10.2 Å². The van der Waals surface area contributed by atoms with Gasteiger partial charge in [0.05, 0.1) is 17.6 Å². The lowest BCUT2D eigenvalue weighted by atomic mass is 9.84. The molecule has 0 radical (unpaired) electrons. The molecule has 1 aromatic carbocycles. The van der Waals surface area contributed by atoms with Gasteiger partial charge in [-0.1, -0.05) is 11.3 Å². The smallest absolute Gasteiger partial charge is 0.208 e. The molecule has 8 heteroatoms. The van der Waals surface area contributed by atoms with Crippen LogP contribution in [-0.4, -0.2) is 49.0 Å². The van der Waals surface area contributed by atoms with E-state index >= 15 is 0 Å². The average molecular weight is 411 g/mol. The first-order valence-corrected chi connectivity index (χ1v) is 10.8. The van der Waals surface area contributed by atoms with Gasteiger partial charge in [-0.2, -0.15) is 0 Å². The van der Waals surface area contributed by atoms with Crippen LogP contribution in [0.25, 0.3) is 16.3 Å². The number of phenolic OH excluding ortho intramolecular Hbond substituents is 1. The Hall–Kier alpha value is -2.45. The van der Waals surface area contributed by atoms with Crippen molar-refractivity contribution in [3.8, 4) is 22.0 Å². The summed E-state index contributed by atoms with van der Waals surface area (Å²) >= 11 is 1.53. The second kappa shape index (κ2) is 6.53. The Morgan fingerprint density at radius 1 is 1.21 bits per heavy atom. The largest absolute Gasteiger partial charge is 0.507 e. The second-order valence-corrected chi connectivity index (χ2v) is 9.94. The summed E-state index contributed by atoms with van der Waals surface area (Å²) in [4.78, 5) is 6.33. The molecule has 5 rings (SSSR count). The first-order valence-electron chi connectivity index (χ1n) is 10.0. The lowest BCUT2D eigenvalue weighted by Gasteiger charge is -2.45. The van der Waals surface area contributed by atoms with E-state index in [9.17, 15) is 5.11 Å². The van der Waals surface area contributed by atoms with E-state index < -0.39 is 0 Å². The highest BCUT2D eigenvalue weighted by atomic mass is 32.1. The maximum atomic E-state index is 10.6. The molecule has 2 bridgehead atoms. The molecule has 2 aliphatic rings. The van der Waals surface area contributed by atoms with Gasteiger partial charge in [0.15, 0.2) is 5.01 Å². The van der Waals surface area contributed by atoms with Crippen molar-refractivity contribution in [1.29, 1.82) is 0 Å². The first-order chi connectivity index (χ1) is 13.8. The quantitative estimate of drug-likeness (QED) is 0.684. The van der Waals surface area contributed by atoms with Crippen LogP contribution in [0, 0.1) is 0 Å². The summed E-state index contributed by atoms with van der Waals surface area (Å²) < 4.78 is 1.86. The zero-order valence-electron chi connectivity index (χ0n) is 17.0. The fraction of sp³-hybridized carbons (Fsp3) is 0.476. The van der Waals surface area contributed by atoms with Crippen LogP contribution in [0.1, 0.15) is 39.5 Å². The third kappa shape index (κ3) is 3.30. The number of anilines is 1. The number of piperidine rings is 1. The zero-order chi connectivity index (χ0) is 20.2. The molecule has 0 spiro atoms. The lowest BCUT2D eigenvalue weighted by molar-refractivity contribution is 0.208. The highest BCUT2D eigenvalue weighted by Gasteiger charge is 2.49. The highest BCUT2D eigenvalue weighted by Crippen LogP contribution is 2.44. The molecule has 0 aliphatic carbocycles. The summed E-state index contributed by atoms with van der Waals surface area (Å²) in [6.07, 6.45) is 9.95. The van der Waals surface area contributed by atoms with Gasteiger partial charge < -0.3 is 19.9 Å². The minimum atomic E-state index is 0.196. The zero-order valence-corrected chi connectivity index (χ0v) is 17.8. The van der Waals surface area contributed by atoms with Gasteiger partial charge in [0.2, 0.25) is 5.13 Å². The Morgan fingerprint density at radius 2 is 1.97 bits per heavy atom. The van der Waals surface area contributed by atoms with Gasteiger partial charge in [0.1, 0.15) is 5.75 Å². The van der Waals surface area contributed by atoms with Crippen LogP contribution in [0.3, 0.4) is 0 Å². The van der Waals surface area contributed by atoms with Crippen molar-refractivity contribution >= 4 is 16.5 Å². The van der Waals surface area contributed by atoms with Gasteiger partial charge in [0.25, 0.3) is 0 Å². The van der Waals surface area contributed by atoms with Crippen molar-refractivity contribution in [3.05, 3.63) is 36.9 Å². The van der Waals surface area contributed by atoms with E-state index in [-0.39, 0.29) is 16.8 Å². The monoisotopic (exact) mass is 410 g/mol. The maximum absolute atomic E-state index is 10.6. The number of hydrogen-bond acceptors (Lipinski definition) is 7. The molecule has 2 N–H and O–H groups in total. The van der Waals surface area contributed by atoms with Crippen molar-refractivity contribution < 1.29 is 5.11 Å². The molecule has 2 aromatic heterocycles. The predicted octanol–water partition coefficient (Wildman–Crippen LogP) is 3.60. The standard InChI is InChI=1S/C21H26N6OS/c1-20-6-7-21(2,25-20)12-15(11-20)26(3)19-24-23-18(29-19)16-5-4-14(10-17(16)28)27-9-8-22-13-27/h4-5,8-10,13,15,25,28H,6-7,11-12H2,1-3H3/t15?,20-,21+. The molecule has 2 saturated heterocycles. The summed E-state index contributed by atoms with van der Waals surface area (Å²) in [7, 11) is 2.12. The Morgan fingerprint density at radius 3 is 2.62 bits per heavy atom. The number of fused-ring (bicyclic) bond motifs is 2. The van der Waals surface area contributed by atoms with Crippen LogP contribution < -0.4 is 10.2 Å². The van der Waals surface area contributed by atoms with Gasteiger partial charge in [0, 0.05) is 42.6 Å². The number of phenols is 1.